The summed E-state index contributed by atoms with van der Waals surface area (Å²) in [5.74, 6) is -1.88. The maximum absolute atomic E-state index is 13.3. The molecule has 260 valence electrons. The van der Waals surface area contributed by atoms with Gasteiger partial charge in [0, 0.05) is 45.0 Å². The minimum atomic E-state index is -1.13. The van der Waals surface area contributed by atoms with Gasteiger partial charge in [-0.15, -0.1) is 0 Å². The molecule has 0 spiro atoms. The molecule has 3 rings (SSSR count). The topological polar surface area (TPSA) is 217 Å². The molecule has 17 nitrogen and oxygen atoms in total. The SMILES string of the molecule is COC(=O)C1CC(OC(C)=O)CC(Oc2ccc(COC(=O)Oc3ccc([N+](=O)[O-])cc3)cc2C(=O)NCCNC(=O)OC(C)(C)C)O1. The third kappa shape index (κ3) is 12.1. The fourth-order valence-corrected chi connectivity index (χ4v) is 4.28. The van der Waals surface area contributed by atoms with E-state index < -0.39 is 59.1 Å². The number of amides is 2. The highest BCUT2D eigenvalue weighted by Crippen LogP contribution is 2.29. The molecule has 17 heteroatoms. The van der Waals surface area contributed by atoms with Gasteiger partial charge in [-0.1, -0.05) is 6.07 Å². The summed E-state index contributed by atoms with van der Waals surface area (Å²) in [7, 11) is 1.18. The average Bonchev–Trinajstić information content (AvgIpc) is 3.01. The van der Waals surface area contributed by atoms with Gasteiger partial charge in [-0.25, -0.2) is 14.4 Å². The minimum Gasteiger partial charge on any atom is -0.467 e. The number of non-ortho nitro benzene ring substituents is 1. The second kappa shape index (κ2) is 16.9. The Morgan fingerprint density at radius 3 is 2.31 bits per heavy atom. The van der Waals surface area contributed by atoms with Crippen molar-refractivity contribution in [2.45, 2.75) is 71.2 Å². The summed E-state index contributed by atoms with van der Waals surface area (Å²) in [6.45, 7) is 6.04. The first-order chi connectivity index (χ1) is 22.6. The van der Waals surface area contributed by atoms with E-state index >= 15 is 0 Å². The second-order valence-corrected chi connectivity index (χ2v) is 11.3. The lowest BCUT2D eigenvalue weighted by molar-refractivity contribution is -0.384. The number of nitro groups is 1. The summed E-state index contributed by atoms with van der Waals surface area (Å²) in [5.41, 5.74) is -0.579. The van der Waals surface area contributed by atoms with Gasteiger partial charge in [0.1, 0.15) is 29.8 Å². The molecular weight excluding hydrogens is 638 g/mol. The molecule has 1 saturated heterocycles. The highest BCUT2D eigenvalue weighted by atomic mass is 16.7. The lowest BCUT2D eigenvalue weighted by Crippen LogP contribution is -2.44. The zero-order valence-corrected chi connectivity index (χ0v) is 27.0. The molecule has 1 heterocycles. The first kappa shape index (κ1) is 37.0. The van der Waals surface area contributed by atoms with Crippen molar-refractivity contribution in [3.8, 4) is 11.5 Å². The second-order valence-electron chi connectivity index (χ2n) is 11.3. The van der Waals surface area contributed by atoms with Crippen molar-refractivity contribution in [3.63, 3.8) is 0 Å². The average molecular weight is 676 g/mol. The summed E-state index contributed by atoms with van der Waals surface area (Å²) < 4.78 is 37.1. The number of benzene rings is 2. The number of methoxy groups -OCH3 is 1. The van der Waals surface area contributed by atoms with E-state index in [0.29, 0.717) is 5.56 Å². The Morgan fingerprint density at radius 2 is 1.69 bits per heavy atom. The van der Waals surface area contributed by atoms with Crippen LogP contribution < -0.4 is 20.1 Å². The van der Waals surface area contributed by atoms with Crippen LogP contribution in [0.15, 0.2) is 42.5 Å². The number of nitrogens with zero attached hydrogens (tertiary/aromatic N) is 1. The van der Waals surface area contributed by atoms with Crippen LogP contribution in [0.5, 0.6) is 11.5 Å². The molecule has 0 saturated carbocycles. The van der Waals surface area contributed by atoms with E-state index in [1.165, 1.54) is 44.4 Å². The van der Waals surface area contributed by atoms with Crippen LogP contribution in [0.1, 0.15) is 56.5 Å². The number of carbonyl (C=O) groups is 5. The highest BCUT2D eigenvalue weighted by Gasteiger charge is 2.37. The molecule has 1 fully saturated rings. The number of ether oxygens (including phenoxy) is 7. The largest absolute Gasteiger partial charge is 0.514 e. The molecule has 2 amide bonds. The molecule has 0 bridgehead atoms. The standard InChI is InChI=1S/C31H37N3O14/c1-18(35)44-22-15-25(28(37)42-5)47-26(16-22)46-24-11-6-19(17-43-30(39)45-21-9-7-20(8-10-21)34(40)41)14-23(24)27(36)32-12-13-33-29(38)48-31(2,3)4/h6-11,14,22,25-26H,12-13,15-17H2,1-5H3,(H,32,36)(H,33,38). The number of alkyl carbamates (subject to hydrolysis) is 1. The first-order valence-electron chi connectivity index (χ1n) is 14.7. The molecule has 0 radical (unpaired) electrons. The van der Waals surface area contributed by atoms with Crippen molar-refractivity contribution in [3.05, 3.63) is 63.7 Å². The zero-order valence-electron chi connectivity index (χ0n) is 27.0. The number of carbonyl (C=O) groups excluding carboxylic acids is 5. The monoisotopic (exact) mass is 675 g/mol. The third-order valence-electron chi connectivity index (χ3n) is 6.28. The summed E-state index contributed by atoms with van der Waals surface area (Å²) in [6.07, 6.45) is -4.68. The van der Waals surface area contributed by atoms with Crippen molar-refractivity contribution in [2.24, 2.45) is 0 Å². The number of nitrogens with one attached hydrogen (secondary N) is 2. The van der Waals surface area contributed by atoms with Crippen LogP contribution in [-0.2, 0) is 39.9 Å². The van der Waals surface area contributed by atoms with E-state index in [2.05, 4.69) is 10.6 Å². The van der Waals surface area contributed by atoms with Gasteiger partial charge in [-0.05, 0) is 50.6 Å². The van der Waals surface area contributed by atoms with Gasteiger partial charge in [0.05, 0.1) is 17.6 Å². The van der Waals surface area contributed by atoms with Crippen molar-refractivity contribution in [2.75, 3.05) is 20.2 Å². The molecule has 2 N–H and O–H groups in total. The summed E-state index contributed by atoms with van der Waals surface area (Å²) in [4.78, 5) is 71.6. The van der Waals surface area contributed by atoms with Crippen molar-refractivity contribution >= 4 is 35.8 Å². The summed E-state index contributed by atoms with van der Waals surface area (Å²) in [5, 5.41) is 16.0. The van der Waals surface area contributed by atoms with Crippen LogP contribution in [0.2, 0.25) is 0 Å². The van der Waals surface area contributed by atoms with Gasteiger partial charge in [0.15, 0.2) is 6.10 Å². The normalized spacial score (nSPS) is 17.2. The molecule has 1 aliphatic heterocycles. The lowest BCUT2D eigenvalue weighted by atomic mass is 10.0. The van der Waals surface area contributed by atoms with Gasteiger partial charge in [0.25, 0.3) is 11.6 Å². The van der Waals surface area contributed by atoms with Gasteiger partial charge >= 0.3 is 24.2 Å². The molecule has 0 aromatic heterocycles. The Hall–Kier alpha value is -5.45. The van der Waals surface area contributed by atoms with Gasteiger partial charge in [-0.3, -0.25) is 19.7 Å². The Morgan fingerprint density at radius 1 is 1.00 bits per heavy atom. The zero-order chi connectivity index (χ0) is 35.4. The van der Waals surface area contributed by atoms with Crippen LogP contribution >= 0.6 is 0 Å². The molecule has 48 heavy (non-hydrogen) atoms. The predicted molar refractivity (Wildman–Crippen MR) is 163 cm³/mol. The fourth-order valence-electron chi connectivity index (χ4n) is 4.28. The quantitative estimate of drug-likeness (QED) is 0.0821. The Labute approximate surface area is 275 Å². The minimum absolute atomic E-state index is 0.00131. The van der Waals surface area contributed by atoms with Gasteiger partial charge < -0.3 is 43.8 Å². The van der Waals surface area contributed by atoms with Gasteiger partial charge in [0.2, 0.25) is 6.29 Å². The van der Waals surface area contributed by atoms with Crippen LogP contribution in [0.3, 0.4) is 0 Å². The summed E-state index contributed by atoms with van der Waals surface area (Å²) >= 11 is 0. The van der Waals surface area contributed by atoms with E-state index in [-0.39, 0.29) is 55.3 Å². The molecule has 2 aromatic rings. The molecule has 3 unspecified atom stereocenters. The number of hydrogen-bond donors (Lipinski definition) is 2. The smallest absolute Gasteiger partial charge is 0.467 e. The maximum Gasteiger partial charge on any atom is 0.514 e. The van der Waals surface area contributed by atoms with E-state index in [1.807, 2.05) is 0 Å². The van der Waals surface area contributed by atoms with Crippen LogP contribution in [-0.4, -0.2) is 79.3 Å². The molecule has 0 aliphatic carbocycles. The number of nitro benzene ring substituents is 1. The van der Waals surface area contributed by atoms with Crippen molar-refractivity contribution in [1.82, 2.24) is 10.6 Å². The summed E-state index contributed by atoms with van der Waals surface area (Å²) in [6, 6.07) is 9.08. The predicted octanol–water partition coefficient (Wildman–Crippen LogP) is 3.55. The Bertz CT molecular complexity index is 1490. The fraction of sp³-hybridized carbons (Fsp3) is 0.452. The first-order valence-corrected chi connectivity index (χ1v) is 14.7. The van der Waals surface area contributed by atoms with Crippen molar-refractivity contribution in [1.29, 1.82) is 0 Å². The van der Waals surface area contributed by atoms with Crippen LogP contribution in [0.4, 0.5) is 15.3 Å². The van der Waals surface area contributed by atoms with E-state index in [9.17, 15) is 34.1 Å². The number of esters is 2. The number of rotatable bonds is 12. The van der Waals surface area contributed by atoms with E-state index in [0.717, 1.165) is 12.1 Å². The lowest BCUT2D eigenvalue weighted by Gasteiger charge is -2.33. The van der Waals surface area contributed by atoms with Crippen LogP contribution in [0.25, 0.3) is 0 Å². The molecular formula is C31H37N3O14. The Kier molecular flexibility index (Phi) is 13.0. The Balaban J connectivity index is 1.74. The molecule has 2 aromatic carbocycles. The van der Waals surface area contributed by atoms with E-state index in [4.69, 9.17) is 33.2 Å². The number of hydrogen-bond acceptors (Lipinski definition) is 14. The maximum atomic E-state index is 13.3. The highest BCUT2D eigenvalue weighted by molar-refractivity contribution is 5.97. The van der Waals surface area contributed by atoms with Gasteiger partial charge in [-0.2, -0.15) is 0 Å². The third-order valence-corrected chi connectivity index (χ3v) is 6.28. The molecule has 1 aliphatic rings. The van der Waals surface area contributed by atoms with Crippen LogP contribution in [0, 0.1) is 10.1 Å². The molecule has 3 atom stereocenters. The van der Waals surface area contributed by atoms with E-state index in [1.54, 1.807) is 20.8 Å². The van der Waals surface area contributed by atoms with Crippen molar-refractivity contribution < 1.29 is 62.1 Å².